The summed E-state index contributed by atoms with van der Waals surface area (Å²) in [5, 5.41) is 0. The summed E-state index contributed by atoms with van der Waals surface area (Å²) in [6, 6.07) is 0. The number of hydrogen-bond donors (Lipinski definition) is 0. The number of esters is 1. The van der Waals surface area contributed by atoms with Crippen LogP contribution < -0.4 is 0 Å². The second-order valence-electron chi connectivity index (χ2n) is 8.52. The molecule has 2 saturated carbocycles. The van der Waals surface area contributed by atoms with Crippen molar-refractivity contribution >= 4 is 5.97 Å². The van der Waals surface area contributed by atoms with Gasteiger partial charge in [-0.2, -0.15) is 0 Å². The van der Waals surface area contributed by atoms with E-state index in [-0.39, 0.29) is 24.9 Å². The first-order chi connectivity index (χ1) is 13.0. The van der Waals surface area contributed by atoms with Gasteiger partial charge in [0.15, 0.2) is 17.9 Å². The lowest BCUT2D eigenvalue weighted by Gasteiger charge is -2.36. The van der Waals surface area contributed by atoms with Crippen molar-refractivity contribution in [1.82, 2.24) is 0 Å². The number of rotatable bonds is 3. The van der Waals surface area contributed by atoms with E-state index in [1.807, 2.05) is 0 Å². The maximum absolute atomic E-state index is 11.9. The zero-order valence-corrected chi connectivity index (χ0v) is 15.8. The SMILES string of the molecule is C=C(C)C(=O)OCC1OC2OC3(CCCC3)OC2C2OC3(CCCC3)OC12. The molecule has 150 valence electrons. The Bertz CT molecular complexity index is 620. The van der Waals surface area contributed by atoms with Crippen LogP contribution in [0.1, 0.15) is 58.3 Å². The van der Waals surface area contributed by atoms with E-state index < -0.39 is 29.9 Å². The Labute approximate surface area is 159 Å². The maximum Gasteiger partial charge on any atom is 0.333 e. The molecule has 7 heteroatoms. The Balaban J connectivity index is 1.37. The van der Waals surface area contributed by atoms with E-state index in [9.17, 15) is 4.79 Å². The highest BCUT2D eigenvalue weighted by Gasteiger charge is 2.64. The van der Waals surface area contributed by atoms with E-state index in [0.29, 0.717) is 5.57 Å². The number of carbonyl (C=O) groups excluding carboxylic acids is 1. The Hall–Kier alpha value is -0.990. The van der Waals surface area contributed by atoms with Crippen LogP contribution in [0.3, 0.4) is 0 Å². The highest BCUT2D eigenvalue weighted by molar-refractivity contribution is 5.86. The zero-order valence-electron chi connectivity index (χ0n) is 15.8. The van der Waals surface area contributed by atoms with Crippen molar-refractivity contribution in [3.63, 3.8) is 0 Å². The van der Waals surface area contributed by atoms with E-state index in [1.165, 1.54) is 0 Å². The summed E-state index contributed by atoms with van der Waals surface area (Å²) in [7, 11) is 0. The summed E-state index contributed by atoms with van der Waals surface area (Å²) in [4.78, 5) is 11.9. The summed E-state index contributed by atoms with van der Waals surface area (Å²) in [6.07, 6.45) is 6.00. The minimum atomic E-state index is -0.558. The van der Waals surface area contributed by atoms with Gasteiger partial charge in [0, 0.05) is 31.3 Å². The number of fused-ring (bicyclic) bond motifs is 3. The van der Waals surface area contributed by atoms with E-state index in [1.54, 1.807) is 6.92 Å². The second kappa shape index (κ2) is 6.52. The minimum absolute atomic E-state index is 0.0892. The third-order valence-corrected chi connectivity index (χ3v) is 6.43. The molecule has 5 aliphatic rings. The monoisotopic (exact) mass is 380 g/mol. The van der Waals surface area contributed by atoms with Gasteiger partial charge < -0.3 is 28.4 Å². The molecule has 5 atom stereocenters. The van der Waals surface area contributed by atoms with Crippen LogP contribution in [0, 0.1) is 0 Å². The third kappa shape index (κ3) is 3.04. The fraction of sp³-hybridized carbons (Fsp3) is 0.850. The first-order valence-electron chi connectivity index (χ1n) is 10.2. The standard InChI is InChI=1S/C20H28O7/c1-12(2)17(21)22-11-13-14-15(25-19(24-14)7-3-4-8-19)16-18(23-13)27-20(26-16)9-5-6-10-20/h13-16,18H,1,3-11H2,2H3. The van der Waals surface area contributed by atoms with Gasteiger partial charge in [0.2, 0.25) is 0 Å². The molecule has 0 radical (unpaired) electrons. The van der Waals surface area contributed by atoms with Crippen LogP contribution >= 0.6 is 0 Å². The highest BCUT2D eigenvalue weighted by atomic mass is 16.9. The zero-order chi connectivity index (χ0) is 18.6. The molecular weight excluding hydrogens is 352 g/mol. The quantitative estimate of drug-likeness (QED) is 0.550. The summed E-state index contributed by atoms with van der Waals surface area (Å²) in [5.41, 5.74) is 0.362. The molecule has 0 N–H and O–H groups in total. The summed E-state index contributed by atoms with van der Waals surface area (Å²) < 4.78 is 37.0. The van der Waals surface area contributed by atoms with Crippen molar-refractivity contribution in [2.45, 2.75) is 101 Å². The Kier molecular flexibility index (Phi) is 4.37. The van der Waals surface area contributed by atoms with Gasteiger partial charge in [-0.3, -0.25) is 0 Å². The van der Waals surface area contributed by atoms with Crippen LogP contribution in [0.5, 0.6) is 0 Å². The summed E-state index contributed by atoms with van der Waals surface area (Å²) in [5.74, 6) is -1.54. The van der Waals surface area contributed by atoms with Crippen molar-refractivity contribution < 1.29 is 33.2 Å². The maximum atomic E-state index is 11.9. The van der Waals surface area contributed by atoms with E-state index in [4.69, 9.17) is 28.4 Å². The molecule has 5 unspecified atom stereocenters. The fourth-order valence-corrected chi connectivity index (χ4v) is 5.10. The van der Waals surface area contributed by atoms with Crippen LogP contribution in [-0.4, -0.2) is 54.9 Å². The van der Waals surface area contributed by atoms with Gasteiger partial charge >= 0.3 is 5.97 Å². The van der Waals surface area contributed by atoms with Crippen LogP contribution in [-0.2, 0) is 33.2 Å². The minimum Gasteiger partial charge on any atom is -0.459 e. The van der Waals surface area contributed by atoms with E-state index >= 15 is 0 Å². The lowest BCUT2D eigenvalue weighted by Crippen LogP contribution is -2.56. The molecule has 3 heterocycles. The van der Waals surface area contributed by atoms with Crippen LogP contribution in [0.2, 0.25) is 0 Å². The average Bonchev–Trinajstić information content (AvgIpc) is 3.41. The fourth-order valence-electron chi connectivity index (χ4n) is 5.10. The van der Waals surface area contributed by atoms with Gasteiger partial charge in [0.25, 0.3) is 0 Å². The molecule has 2 spiro atoms. The first kappa shape index (κ1) is 18.1. The first-order valence-corrected chi connectivity index (χ1v) is 10.2. The van der Waals surface area contributed by atoms with Gasteiger partial charge in [0.1, 0.15) is 31.0 Å². The molecule has 0 bridgehead atoms. The molecule has 0 aromatic rings. The molecule has 0 amide bonds. The normalized spacial score (nSPS) is 41.0. The van der Waals surface area contributed by atoms with Crippen LogP contribution in [0.25, 0.3) is 0 Å². The predicted octanol–water partition coefficient (Wildman–Crippen LogP) is 2.57. The van der Waals surface area contributed by atoms with E-state index in [0.717, 1.165) is 51.4 Å². The largest absolute Gasteiger partial charge is 0.459 e. The van der Waals surface area contributed by atoms with Gasteiger partial charge in [-0.25, -0.2) is 4.79 Å². The molecule has 0 aromatic heterocycles. The Morgan fingerprint density at radius 3 is 2.11 bits per heavy atom. The summed E-state index contributed by atoms with van der Waals surface area (Å²) in [6.45, 7) is 5.35. The molecule has 2 aliphatic carbocycles. The molecular formula is C20H28O7. The molecule has 0 aromatic carbocycles. The van der Waals surface area contributed by atoms with Crippen molar-refractivity contribution in [2.75, 3.05) is 6.61 Å². The number of ether oxygens (including phenoxy) is 6. The van der Waals surface area contributed by atoms with Crippen molar-refractivity contribution in [1.29, 1.82) is 0 Å². The molecule has 27 heavy (non-hydrogen) atoms. The predicted molar refractivity (Wildman–Crippen MR) is 92.5 cm³/mol. The van der Waals surface area contributed by atoms with Crippen molar-refractivity contribution in [3.05, 3.63) is 12.2 Å². The van der Waals surface area contributed by atoms with Crippen LogP contribution in [0.15, 0.2) is 12.2 Å². The average molecular weight is 380 g/mol. The molecule has 3 aliphatic heterocycles. The smallest absolute Gasteiger partial charge is 0.333 e. The highest BCUT2D eigenvalue weighted by Crippen LogP contribution is 2.51. The Morgan fingerprint density at radius 2 is 1.48 bits per heavy atom. The topological polar surface area (TPSA) is 72.5 Å². The van der Waals surface area contributed by atoms with Crippen molar-refractivity contribution in [3.8, 4) is 0 Å². The second-order valence-corrected chi connectivity index (χ2v) is 8.52. The lowest BCUT2D eigenvalue weighted by atomic mass is 9.99. The summed E-state index contributed by atoms with van der Waals surface area (Å²) >= 11 is 0. The van der Waals surface area contributed by atoms with Gasteiger partial charge in [-0.15, -0.1) is 0 Å². The lowest BCUT2D eigenvalue weighted by molar-refractivity contribution is -0.247. The number of hydrogen-bond acceptors (Lipinski definition) is 7. The van der Waals surface area contributed by atoms with Crippen molar-refractivity contribution in [2.24, 2.45) is 0 Å². The Morgan fingerprint density at radius 1 is 0.926 bits per heavy atom. The van der Waals surface area contributed by atoms with E-state index in [2.05, 4.69) is 6.58 Å². The van der Waals surface area contributed by atoms with Gasteiger partial charge in [0.05, 0.1) is 0 Å². The van der Waals surface area contributed by atoms with Gasteiger partial charge in [-0.1, -0.05) is 6.58 Å². The molecule has 3 saturated heterocycles. The van der Waals surface area contributed by atoms with Gasteiger partial charge in [-0.05, 0) is 32.6 Å². The number of carbonyl (C=O) groups is 1. The molecule has 5 rings (SSSR count). The van der Waals surface area contributed by atoms with Crippen LogP contribution in [0.4, 0.5) is 0 Å². The molecule has 5 fully saturated rings. The third-order valence-electron chi connectivity index (χ3n) is 6.43. The molecule has 7 nitrogen and oxygen atoms in total.